The summed E-state index contributed by atoms with van der Waals surface area (Å²) in [6, 6.07) is 5.76. The van der Waals surface area contributed by atoms with Crippen molar-refractivity contribution in [3.8, 4) is 0 Å². The lowest BCUT2D eigenvalue weighted by molar-refractivity contribution is -0.310. The predicted octanol–water partition coefficient (Wildman–Crippen LogP) is 2.55. The van der Waals surface area contributed by atoms with Crippen molar-refractivity contribution < 1.29 is 14.7 Å². The van der Waals surface area contributed by atoms with Gasteiger partial charge in [-0.25, -0.2) is 0 Å². The van der Waals surface area contributed by atoms with Gasteiger partial charge in [-0.2, -0.15) is 0 Å². The van der Waals surface area contributed by atoms with Gasteiger partial charge in [-0.3, -0.25) is 4.79 Å². The van der Waals surface area contributed by atoms with E-state index in [0.717, 1.165) is 25.7 Å². The lowest BCUT2D eigenvalue weighted by Gasteiger charge is -2.36. The molecule has 1 aliphatic heterocycles. The molecule has 0 unspecified atom stereocenters. The van der Waals surface area contributed by atoms with Crippen LogP contribution in [0.25, 0.3) is 0 Å². The Kier molecular flexibility index (Phi) is 5.17. The standard InChI is InChI=1S/C17H20ClNO3S/c18-13-8-6-11(7-9-13)15(20)19-14(17(21)22)10-23-16(19)12-4-2-1-3-5-12/h6-9,12,14,16H,1-5,10H2,(H,21,22)/p-1/t14-,16-/m0/s1. The van der Waals surface area contributed by atoms with Gasteiger partial charge in [0, 0.05) is 16.3 Å². The fraction of sp³-hybridized carbons (Fsp3) is 0.529. The molecule has 1 aliphatic carbocycles. The van der Waals surface area contributed by atoms with E-state index in [1.165, 1.54) is 6.42 Å². The van der Waals surface area contributed by atoms with Crippen molar-refractivity contribution in [1.82, 2.24) is 4.90 Å². The first-order chi connectivity index (χ1) is 11.1. The molecular formula is C17H19ClNO3S-. The van der Waals surface area contributed by atoms with Gasteiger partial charge < -0.3 is 14.8 Å². The van der Waals surface area contributed by atoms with Gasteiger partial charge in [-0.1, -0.05) is 30.9 Å². The predicted molar refractivity (Wildman–Crippen MR) is 89.2 cm³/mol. The maximum atomic E-state index is 12.9. The fourth-order valence-electron chi connectivity index (χ4n) is 3.49. The van der Waals surface area contributed by atoms with E-state index in [1.54, 1.807) is 40.9 Å². The number of nitrogens with zero attached hydrogens (tertiary/aromatic N) is 1. The van der Waals surface area contributed by atoms with E-state index in [-0.39, 0.29) is 11.3 Å². The van der Waals surface area contributed by atoms with Gasteiger partial charge >= 0.3 is 0 Å². The third-order valence-electron chi connectivity index (χ3n) is 4.69. The minimum absolute atomic E-state index is 0.0682. The van der Waals surface area contributed by atoms with Gasteiger partial charge in [0.25, 0.3) is 5.91 Å². The molecule has 0 spiro atoms. The SMILES string of the molecule is O=C([O-])[C@@H]1CS[C@@H](C2CCCCC2)N1C(=O)c1ccc(Cl)cc1. The fourth-order valence-corrected chi connectivity index (χ4v) is 5.24. The number of benzene rings is 1. The van der Waals surface area contributed by atoms with E-state index in [1.807, 2.05) is 0 Å². The lowest BCUT2D eigenvalue weighted by atomic mass is 9.88. The van der Waals surface area contributed by atoms with Crippen molar-refractivity contribution in [2.24, 2.45) is 5.92 Å². The molecule has 4 nitrogen and oxygen atoms in total. The molecule has 2 aliphatic rings. The van der Waals surface area contributed by atoms with Crippen molar-refractivity contribution >= 4 is 35.2 Å². The first-order valence-electron chi connectivity index (χ1n) is 7.98. The second-order valence-electron chi connectivity index (χ2n) is 6.18. The monoisotopic (exact) mass is 352 g/mol. The van der Waals surface area contributed by atoms with Gasteiger partial charge in [0.05, 0.1) is 17.4 Å². The third kappa shape index (κ3) is 3.50. The van der Waals surface area contributed by atoms with Crippen molar-refractivity contribution in [2.75, 3.05) is 5.75 Å². The number of carboxylic acids is 1. The van der Waals surface area contributed by atoms with Crippen molar-refractivity contribution in [2.45, 2.75) is 43.5 Å². The van der Waals surface area contributed by atoms with Crippen LogP contribution in [0.3, 0.4) is 0 Å². The highest BCUT2D eigenvalue weighted by molar-refractivity contribution is 8.00. The average molecular weight is 353 g/mol. The van der Waals surface area contributed by atoms with Crippen LogP contribution >= 0.6 is 23.4 Å². The molecule has 0 N–H and O–H groups in total. The molecule has 1 saturated heterocycles. The van der Waals surface area contributed by atoms with Crippen LogP contribution in [0.1, 0.15) is 42.5 Å². The Labute approximate surface area is 145 Å². The summed E-state index contributed by atoms with van der Waals surface area (Å²) in [4.78, 5) is 25.9. The molecule has 0 aromatic heterocycles. The molecule has 0 radical (unpaired) electrons. The first kappa shape index (κ1) is 16.7. The van der Waals surface area contributed by atoms with Gasteiger partial charge in [0.15, 0.2) is 0 Å². The second kappa shape index (κ2) is 7.14. The van der Waals surface area contributed by atoms with Crippen LogP contribution in [-0.2, 0) is 4.79 Å². The van der Waals surface area contributed by atoms with Crippen LogP contribution in [0.15, 0.2) is 24.3 Å². The zero-order valence-electron chi connectivity index (χ0n) is 12.7. The Hall–Kier alpha value is -1.20. The molecule has 1 amide bonds. The third-order valence-corrected chi connectivity index (χ3v) is 6.40. The van der Waals surface area contributed by atoms with Gasteiger partial charge in [0.2, 0.25) is 0 Å². The zero-order chi connectivity index (χ0) is 16.4. The van der Waals surface area contributed by atoms with E-state index in [4.69, 9.17) is 11.6 Å². The molecule has 2 atom stereocenters. The Morgan fingerprint density at radius 2 is 1.78 bits per heavy atom. The topological polar surface area (TPSA) is 60.4 Å². The molecule has 124 valence electrons. The molecule has 0 bridgehead atoms. The number of carboxylic acid groups (broad SMARTS) is 1. The molecule has 1 aromatic carbocycles. The van der Waals surface area contributed by atoms with Crippen molar-refractivity contribution in [3.05, 3.63) is 34.9 Å². The van der Waals surface area contributed by atoms with E-state index >= 15 is 0 Å². The van der Waals surface area contributed by atoms with Crippen molar-refractivity contribution in [3.63, 3.8) is 0 Å². The summed E-state index contributed by atoms with van der Waals surface area (Å²) in [7, 11) is 0. The highest BCUT2D eigenvalue weighted by Crippen LogP contribution is 2.41. The molecular weight excluding hydrogens is 334 g/mol. The largest absolute Gasteiger partial charge is 0.548 e. The number of halogens is 1. The highest BCUT2D eigenvalue weighted by Gasteiger charge is 2.42. The van der Waals surface area contributed by atoms with Crippen LogP contribution < -0.4 is 5.11 Å². The van der Waals surface area contributed by atoms with E-state index in [0.29, 0.717) is 22.3 Å². The first-order valence-corrected chi connectivity index (χ1v) is 9.41. The van der Waals surface area contributed by atoms with Crippen LogP contribution in [0.2, 0.25) is 5.02 Å². The van der Waals surface area contributed by atoms with E-state index in [9.17, 15) is 14.7 Å². The summed E-state index contributed by atoms with van der Waals surface area (Å²) in [5.41, 5.74) is 0.476. The van der Waals surface area contributed by atoms with E-state index in [2.05, 4.69) is 0 Å². The number of thioether (sulfide) groups is 1. The minimum Gasteiger partial charge on any atom is -0.548 e. The summed E-state index contributed by atoms with van der Waals surface area (Å²) >= 11 is 7.45. The van der Waals surface area contributed by atoms with Crippen LogP contribution in [0.5, 0.6) is 0 Å². The minimum atomic E-state index is -1.17. The maximum Gasteiger partial charge on any atom is 0.255 e. The molecule has 1 saturated carbocycles. The van der Waals surface area contributed by atoms with Gasteiger partial charge in [-0.05, 0) is 43.0 Å². The normalized spacial score (nSPS) is 25.5. The summed E-state index contributed by atoms with van der Waals surface area (Å²) in [6.45, 7) is 0. The van der Waals surface area contributed by atoms with Crippen LogP contribution in [0, 0.1) is 5.92 Å². The quantitative estimate of drug-likeness (QED) is 0.838. The summed E-state index contributed by atoms with van der Waals surface area (Å²) in [5.74, 6) is -0.632. The summed E-state index contributed by atoms with van der Waals surface area (Å²) < 4.78 is 0. The number of hydrogen-bond acceptors (Lipinski definition) is 4. The molecule has 3 rings (SSSR count). The Morgan fingerprint density at radius 3 is 2.39 bits per heavy atom. The average Bonchev–Trinajstić information content (AvgIpc) is 3.01. The highest BCUT2D eigenvalue weighted by atomic mass is 35.5. The van der Waals surface area contributed by atoms with Crippen LogP contribution in [-0.4, -0.2) is 33.9 Å². The zero-order valence-corrected chi connectivity index (χ0v) is 14.3. The molecule has 2 fully saturated rings. The molecule has 23 heavy (non-hydrogen) atoms. The molecule has 1 aromatic rings. The number of rotatable bonds is 3. The lowest BCUT2D eigenvalue weighted by Crippen LogP contribution is -2.52. The number of amides is 1. The molecule has 1 heterocycles. The maximum absolute atomic E-state index is 12.9. The summed E-state index contributed by atoms with van der Waals surface area (Å²) in [6.07, 6.45) is 5.65. The van der Waals surface area contributed by atoms with Gasteiger partial charge in [0.1, 0.15) is 0 Å². The van der Waals surface area contributed by atoms with E-state index < -0.39 is 12.0 Å². The number of carbonyl (C=O) groups is 2. The summed E-state index contributed by atoms with van der Waals surface area (Å²) in [5, 5.41) is 12.0. The van der Waals surface area contributed by atoms with Gasteiger partial charge in [-0.15, -0.1) is 11.8 Å². The smallest absolute Gasteiger partial charge is 0.255 e. The number of carbonyl (C=O) groups excluding carboxylic acids is 2. The number of aliphatic carboxylic acids is 1. The van der Waals surface area contributed by atoms with Crippen molar-refractivity contribution in [1.29, 1.82) is 0 Å². The van der Waals surface area contributed by atoms with Crippen LogP contribution in [0.4, 0.5) is 0 Å². The Bertz CT molecular complexity index is 586. The second-order valence-corrected chi connectivity index (χ2v) is 7.76. The Morgan fingerprint density at radius 1 is 1.13 bits per heavy atom. The Balaban J connectivity index is 1.87. The number of hydrogen-bond donors (Lipinski definition) is 0. The molecule has 6 heteroatoms.